The lowest BCUT2D eigenvalue weighted by atomic mass is 9.92. The maximum atomic E-state index is 12.0. The van der Waals surface area contributed by atoms with Crippen molar-refractivity contribution in [2.75, 3.05) is 25.6 Å². The van der Waals surface area contributed by atoms with E-state index in [0.29, 0.717) is 6.61 Å². The molecule has 0 amide bonds. The molecule has 1 aromatic heterocycles. The van der Waals surface area contributed by atoms with E-state index in [1.807, 2.05) is 46.7 Å². The third-order valence-electron chi connectivity index (χ3n) is 2.28. The van der Waals surface area contributed by atoms with E-state index < -0.39 is 0 Å². The summed E-state index contributed by atoms with van der Waals surface area (Å²) in [4.78, 5) is 13.9. The van der Waals surface area contributed by atoms with Crippen LogP contribution in [-0.4, -0.2) is 42.1 Å². The minimum atomic E-state index is -0.282. The molecule has 0 aliphatic carbocycles. The molecule has 0 bridgehead atoms. The molecule has 1 atom stereocenters. The first-order valence-corrected chi connectivity index (χ1v) is 7.79. The van der Waals surface area contributed by atoms with Gasteiger partial charge in [0.05, 0.1) is 6.61 Å². The van der Waals surface area contributed by atoms with Gasteiger partial charge in [0, 0.05) is 14.1 Å². The smallest absolute Gasteiger partial charge is 0.320 e. The molecular weight excluding hydrogens is 282 g/mol. The molecule has 0 N–H and O–H groups in total. The number of ether oxygens (including phenoxy) is 1. The van der Waals surface area contributed by atoms with Crippen LogP contribution in [0.3, 0.4) is 0 Å². The molecule has 1 heterocycles. The summed E-state index contributed by atoms with van der Waals surface area (Å²) in [5.74, 6) is -0.193. The maximum Gasteiger partial charge on any atom is 0.320 e. The van der Waals surface area contributed by atoms with Gasteiger partial charge in [-0.25, -0.2) is 0 Å². The Hall–Kier alpha value is -0.820. The highest BCUT2D eigenvalue weighted by Gasteiger charge is 2.34. The van der Waals surface area contributed by atoms with Crippen LogP contribution in [0.1, 0.15) is 27.7 Å². The normalized spacial score (nSPS) is 13.2. The molecule has 0 spiro atoms. The number of hydrogen-bond acceptors (Lipinski definition) is 7. The number of anilines is 1. The first-order valence-electron chi connectivity index (χ1n) is 6.09. The molecule has 7 heteroatoms. The maximum absolute atomic E-state index is 12.0. The molecule has 0 saturated heterocycles. The van der Waals surface area contributed by atoms with E-state index in [-0.39, 0.29) is 16.6 Å². The molecule has 0 aromatic carbocycles. The second-order valence-corrected chi connectivity index (χ2v) is 7.67. The van der Waals surface area contributed by atoms with Gasteiger partial charge in [0.1, 0.15) is 5.25 Å². The summed E-state index contributed by atoms with van der Waals surface area (Å²) in [5.41, 5.74) is -0.194. The van der Waals surface area contributed by atoms with E-state index in [1.165, 1.54) is 23.1 Å². The third-order valence-corrected chi connectivity index (χ3v) is 5.13. The first-order chi connectivity index (χ1) is 8.75. The highest BCUT2D eigenvalue weighted by atomic mass is 32.2. The Labute approximate surface area is 122 Å². The van der Waals surface area contributed by atoms with E-state index in [2.05, 4.69) is 10.2 Å². The van der Waals surface area contributed by atoms with E-state index in [4.69, 9.17) is 4.74 Å². The van der Waals surface area contributed by atoms with Crippen LogP contribution in [0, 0.1) is 5.41 Å². The number of carbonyl (C=O) groups is 1. The predicted octanol–water partition coefficient (Wildman–Crippen LogP) is 2.67. The number of aromatic nitrogens is 2. The summed E-state index contributed by atoms with van der Waals surface area (Å²) < 4.78 is 5.93. The lowest BCUT2D eigenvalue weighted by molar-refractivity contribution is -0.144. The van der Waals surface area contributed by atoms with Crippen LogP contribution >= 0.6 is 23.1 Å². The largest absolute Gasteiger partial charge is 0.465 e. The van der Waals surface area contributed by atoms with Crippen LogP contribution < -0.4 is 4.90 Å². The second-order valence-electron chi connectivity index (χ2n) is 5.36. The summed E-state index contributed by atoms with van der Waals surface area (Å²) in [6.45, 7) is 8.28. The van der Waals surface area contributed by atoms with Crippen molar-refractivity contribution in [3.63, 3.8) is 0 Å². The molecular formula is C12H21N3O2S2. The van der Waals surface area contributed by atoms with E-state index >= 15 is 0 Å². The zero-order valence-corrected chi connectivity index (χ0v) is 13.9. The van der Waals surface area contributed by atoms with Crippen molar-refractivity contribution in [3.8, 4) is 0 Å². The third kappa shape index (κ3) is 4.65. The van der Waals surface area contributed by atoms with Gasteiger partial charge in [-0.3, -0.25) is 4.79 Å². The Morgan fingerprint density at radius 1 is 1.42 bits per heavy atom. The van der Waals surface area contributed by atoms with Gasteiger partial charge in [-0.15, -0.1) is 10.2 Å². The van der Waals surface area contributed by atoms with Crippen molar-refractivity contribution in [2.45, 2.75) is 37.3 Å². The van der Waals surface area contributed by atoms with Crippen molar-refractivity contribution in [3.05, 3.63) is 0 Å². The van der Waals surface area contributed by atoms with Crippen molar-refractivity contribution in [2.24, 2.45) is 5.41 Å². The summed E-state index contributed by atoms with van der Waals surface area (Å²) in [6, 6.07) is 0. The fourth-order valence-electron chi connectivity index (χ4n) is 1.33. The average Bonchev–Trinajstić information content (AvgIpc) is 2.73. The number of nitrogens with zero attached hydrogens (tertiary/aromatic N) is 3. The SMILES string of the molecule is CCOC(=O)C(Sc1nnc(N(C)C)s1)C(C)(C)C. The Morgan fingerprint density at radius 3 is 2.47 bits per heavy atom. The highest BCUT2D eigenvalue weighted by Crippen LogP contribution is 2.38. The summed E-state index contributed by atoms with van der Waals surface area (Å²) in [6.07, 6.45) is 0. The molecule has 108 valence electrons. The Balaban J connectivity index is 2.85. The number of thioether (sulfide) groups is 1. The van der Waals surface area contributed by atoms with Crippen LogP contribution in [-0.2, 0) is 9.53 Å². The van der Waals surface area contributed by atoms with Gasteiger partial charge in [-0.1, -0.05) is 43.9 Å². The molecule has 0 saturated carbocycles. The topological polar surface area (TPSA) is 55.3 Å². The van der Waals surface area contributed by atoms with Crippen LogP contribution in [0.15, 0.2) is 4.34 Å². The molecule has 1 rings (SSSR count). The first kappa shape index (κ1) is 16.2. The predicted molar refractivity (Wildman–Crippen MR) is 80.0 cm³/mol. The van der Waals surface area contributed by atoms with Crippen LogP contribution in [0.25, 0.3) is 0 Å². The van der Waals surface area contributed by atoms with Crippen molar-refractivity contribution >= 4 is 34.2 Å². The fourth-order valence-corrected chi connectivity index (χ4v) is 3.34. The molecule has 0 aliphatic rings. The summed E-state index contributed by atoms with van der Waals surface area (Å²) in [7, 11) is 3.84. The number of hydrogen-bond donors (Lipinski definition) is 0. The minimum absolute atomic E-state index is 0.193. The minimum Gasteiger partial charge on any atom is -0.465 e. The molecule has 0 fully saturated rings. The van der Waals surface area contributed by atoms with Gasteiger partial charge in [-0.05, 0) is 12.3 Å². The molecule has 0 radical (unpaired) electrons. The van der Waals surface area contributed by atoms with Gasteiger partial charge in [0.25, 0.3) is 0 Å². The summed E-state index contributed by atoms with van der Waals surface area (Å²) >= 11 is 2.91. The molecule has 19 heavy (non-hydrogen) atoms. The number of carbonyl (C=O) groups excluding carboxylic acids is 1. The number of rotatable bonds is 5. The Morgan fingerprint density at radius 2 is 2.05 bits per heavy atom. The lowest BCUT2D eigenvalue weighted by Gasteiger charge is -2.27. The number of esters is 1. The fraction of sp³-hybridized carbons (Fsp3) is 0.750. The van der Waals surface area contributed by atoms with Gasteiger partial charge in [0.15, 0.2) is 4.34 Å². The monoisotopic (exact) mass is 303 g/mol. The Bertz CT molecular complexity index is 427. The van der Waals surface area contributed by atoms with Crippen molar-refractivity contribution < 1.29 is 9.53 Å². The Kier molecular flexibility index (Phi) is 5.61. The van der Waals surface area contributed by atoms with Crippen molar-refractivity contribution in [1.29, 1.82) is 0 Å². The van der Waals surface area contributed by atoms with E-state index in [0.717, 1.165) is 9.47 Å². The molecule has 1 aromatic rings. The van der Waals surface area contributed by atoms with Gasteiger partial charge >= 0.3 is 5.97 Å². The molecule has 1 unspecified atom stereocenters. The zero-order valence-electron chi connectivity index (χ0n) is 12.3. The van der Waals surface area contributed by atoms with Crippen LogP contribution in [0.2, 0.25) is 0 Å². The molecule has 0 aliphatic heterocycles. The van der Waals surface area contributed by atoms with Crippen LogP contribution in [0.5, 0.6) is 0 Å². The van der Waals surface area contributed by atoms with E-state index in [9.17, 15) is 4.79 Å². The average molecular weight is 303 g/mol. The highest BCUT2D eigenvalue weighted by molar-refractivity contribution is 8.02. The molecule has 5 nitrogen and oxygen atoms in total. The zero-order chi connectivity index (χ0) is 14.6. The standard InChI is InChI=1S/C12H21N3O2S2/c1-7-17-9(16)8(12(2,3)4)18-11-14-13-10(19-11)15(5)6/h8H,7H2,1-6H3. The van der Waals surface area contributed by atoms with Crippen LogP contribution in [0.4, 0.5) is 5.13 Å². The van der Waals surface area contributed by atoms with Gasteiger partial charge in [-0.2, -0.15) is 0 Å². The van der Waals surface area contributed by atoms with Gasteiger partial charge < -0.3 is 9.64 Å². The van der Waals surface area contributed by atoms with Crippen molar-refractivity contribution in [1.82, 2.24) is 10.2 Å². The van der Waals surface area contributed by atoms with E-state index in [1.54, 1.807) is 0 Å². The lowest BCUT2D eigenvalue weighted by Crippen LogP contribution is -2.33. The summed E-state index contributed by atoms with van der Waals surface area (Å²) in [5, 5.41) is 8.74. The van der Waals surface area contributed by atoms with Gasteiger partial charge in [0.2, 0.25) is 5.13 Å². The second kappa shape index (κ2) is 6.56. The quantitative estimate of drug-likeness (QED) is 0.616.